The first-order chi connectivity index (χ1) is 6.35. The fourth-order valence-electron chi connectivity index (χ4n) is 0.781. The van der Waals surface area contributed by atoms with Gasteiger partial charge in [-0.3, -0.25) is 0 Å². The van der Waals surface area contributed by atoms with E-state index in [9.17, 15) is 4.79 Å². The van der Waals surface area contributed by atoms with Crippen molar-refractivity contribution in [1.29, 1.82) is 0 Å². The van der Waals surface area contributed by atoms with E-state index in [-0.39, 0.29) is 0 Å². The van der Waals surface area contributed by atoms with Crippen LogP contribution in [0.5, 0.6) is 0 Å². The maximum absolute atomic E-state index is 9.17. The van der Waals surface area contributed by atoms with Gasteiger partial charge in [-0.2, -0.15) is 0 Å². The van der Waals surface area contributed by atoms with Gasteiger partial charge in [0.15, 0.2) is 0 Å². The number of aldehydes is 1. The van der Waals surface area contributed by atoms with Crippen LogP contribution in [-0.4, -0.2) is 6.29 Å². The van der Waals surface area contributed by atoms with Gasteiger partial charge in [0.2, 0.25) is 0 Å². The fourth-order valence-corrected chi connectivity index (χ4v) is 0.781. The van der Waals surface area contributed by atoms with Gasteiger partial charge in [0.1, 0.15) is 6.29 Å². The Bertz CT molecular complexity index is 226. The normalized spacial score (nSPS) is 8.08. The van der Waals surface area contributed by atoms with Gasteiger partial charge in [0.25, 0.3) is 0 Å². The number of hydrogen-bond donors (Lipinski definition) is 0. The van der Waals surface area contributed by atoms with E-state index in [1.54, 1.807) is 0 Å². The van der Waals surface area contributed by atoms with Crippen molar-refractivity contribution in [2.45, 2.75) is 19.8 Å². The average Bonchev–Trinajstić information content (AvgIpc) is 2.20. The van der Waals surface area contributed by atoms with Crippen molar-refractivity contribution in [3.05, 3.63) is 48.6 Å². The maximum atomic E-state index is 9.17. The third kappa shape index (κ3) is 7.01. The van der Waals surface area contributed by atoms with Crippen LogP contribution in [0, 0.1) is 0 Å². The predicted molar refractivity (Wildman–Crippen MR) is 56.7 cm³/mol. The predicted octanol–water partition coefficient (Wildman–Crippen LogP) is 3.01. The van der Waals surface area contributed by atoms with Crippen molar-refractivity contribution in [2.75, 3.05) is 0 Å². The quantitative estimate of drug-likeness (QED) is 0.511. The van der Waals surface area contributed by atoms with Crippen LogP contribution in [0.2, 0.25) is 0 Å². The molecule has 0 fully saturated rings. The van der Waals surface area contributed by atoms with Crippen molar-refractivity contribution >= 4 is 6.29 Å². The molecule has 0 spiro atoms. The second kappa shape index (κ2) is 8.72. The Labute approximate surface area is 80.1 Å². The molecule has 1 rings (SSSR count). The number of allylic oxidation sites excluding steroid dienone is 1. The topological polar surface area (TPSA) is 17.1 Å². The molecule has 0 radical (unpaired) electrons. The van der Waals surface area contributed by atoms with E-state index in [1.165, 1.54) is 5.56 Å². The highest BCUT2D eigenvalue weighted by atomic mass is 16.1. The van der Waals surface area contributed by atoms with Crippen LogP contribution >= 0.6 is 0 Å². The van der Waals surface area contributed by atoms with Crippen LogP contribution < -0.4 is 0 Å². The Morgan fingerprint density at radius 2 is 1.85 bits per heavy atom. The van der Waals surface area contributed by atoms with Gasteiger partial charge >= 0.3 is 0 Å². The molecule has 0 aliphatic heterocycles. The second-order valence-corrected chi connectivity index (χ2v) is 2.55. The zero-order valence-electron chi connectivity index (χ0n) is 8.07. The van der Waals surface area contributed by atoms with E-state index in [2.05, 4.69) is 18.7 Å². The fraction of sp³-hybridized carbons (Fsp3) is 0.250. The van der Waals surface area contributed by atoms with Crippen LogP contribution in [0.15, 0.2) is 43.0 Å². The monoisotopic (exact) mass is 176 g/mol. The van der Waals surface area contributed by atoms with Gasteiger partial charge in [-0.25, -0.2) is 0 Å². The maximum Gasteiger partial charge on any atom is 0.119 e. The standard InChI is InChI=1S/C9H10.C3H6O/c1-2-6-9-7-4-3-5-8-9;1-2-3-4/h2-5,7-8H,1,6H2;3H,2H2,1H3. The Kier molecular flexibility index (Phi) is 7.80. The van der Waals surface area contributed by atoms with Crippen molar-refractivity contribution in [2.24, 2.45) is 0 Å². The third-order valence-corrected chi connectivity index (χ3v) is 1.39. The third-order valence-electron chi connectivity index (χ3n) is 1.39. The molecule has 13 heavy (non-hydrogen) atoms. The molecule has 0 heterocycles. The molecule has 0 saturated heterocycles. The van der Waals surface area contributed by atoms with E-state index in [4.69, 9.17) is 0 Å². The second-order valence-electron chi connectivity index (χ2n) is 2.55. The minimum Gasteiger partial charge on any atom is -0.303 e. The van der Waals surface area contributed by atoms with Gasteiger partial charge in [-0.1, -0.05) is 43.3 Å². The average molecular weight is 176 g/mol. The molecule has 0 saturated carbocycles. The molecule has 0 aliphatic carbocycles. The summed E-state index contributed by atoms with van der Waals surface area (Å²) in [6.45, 7) is 5.47. The summed E-state index contributed by atoms with van der Waals surface area (Å²) >= 11 is 0. The lowest BCUT2D eigenvalue weighted by atomic mass is 10.2. The highest BCUT2D eigenvalue weighted by Gasteiger charge is 1.82. The summed E-state index contributed by atoms with van der Waals surface area (Å²) in [7, 11) is 0. The molecule has 0 unspecified atom stereocenters. The first kappa shape index (κ1) is 11.6. The molecule has 0 aromatic heterocycles. The summed E-state index contributed by atoms with van der Waals surface area (Å²) in [6, 6.07) is 10.3. The van der Waals surface area contributed by atoms with Crippen LogP contribution in [0.3, 0.4) is 0 Å². The van der Waals surface area contributed by atoms with Gasteiger partial charge in [-0.05, 0) is 12.0 Å². The van der Waals surface area contributed by atoms with Crippen LogP contribution in [-0.2, 0) is 11.2 Å². The minimum atomic E-state index is 0.639. The molecule has 70 valence electrons. The minimum absolute atomic E-state index is 0.639. The number of hydrogen-bond acceptors (Lipinski definition) is 1. The summed E-state index contributed by atoms with van der Waals surface area (Å²) in [5.41, 5.74) is 1.33. The number of benzene rings is 1. The van der Waals surface area contributed by atoms with Gasteiger partial charge < -0.3 is 4.79 Å². The van der Waals surface area contributed by atoms with Crippen molar-refractivity contribution in [1.82, 2.24) is 0 Å². The lowest BCUT2D eigenvalue weighted by molar-refractivity contribution is -0.107. The lowest BCUT2D eigenvalue weighted by Crippen LogP contribution is -1.75. The van der Waals surface area contributed by atoms with Gasteiger partial charge in [0, 0.05) is 6.42 Å². The highest BCUT2D eigenvalue weighted by Crippen LogP contribution is 1.98. The first-order valence-corrected chi connectivity index (χ1v) is 4.43. The van der Waals surface area contributed by atoms with E-state index in [0.29, 0.717) is 6.42 Å². The van der Waals surface area contributed by atoms with E-state index in [0.717, 1.165) is 12.7 Å². The summed E-state index contributed by atoms with van der Waals surface area (Å²) in [5, 5.41) is 0. The molecule has 1 aromatic carbocycles. The van der Waals surface area contributed by atoms with Crippen LogP contribution in [0.4, 0.5) is 0 Å². The summed E-state index contributed by atoms with van der Waals surface area (Å²) in [6.07, 6.45) is 4.40. The Balaban J connectivity index is 0.000000310. The Morgan fingerprint density at radius 3 is 2.23 bits per heavy atom. The number of carbonyl (C=O) groups excluding carboxylic acids is 1. The molecule has 0 amide bonds. The summed E-state index contributed by atoms with van der Waals surface area (Å²) in [4.78, 5) is 9.17. The van der Waals surface area contributed by atoms with E-state index < -0.39 is 0 Å². The van der Waals surface area contributed by atoms with Crippen molar-refractivity contribution in [3.8, 4) is 0 Å². The molecule has 0 atom stereocenters. The number of rotatable bonds is 3. The van der Waals surface area contributed by atoms with Crippen molar-refractivity contribution < 1.29 is 4.79 Å². The van der Waals surface area contributed by atoms with E-state index >= 15 is 0 Å². The van der Waals surface area contributed by atoms with Crippen LogP contribution in [0.1, 0.15) is 18.9 Å². The summed E-state index contributed by atoms with van der Waals surface area (Å²) < 4.78 is 0. The van der Waals surface area contributed by atoms with Crippen molar-refractivity contribution in [3.63, 3.8) is 0 Å². The van der Waals surface area contributed by atoms with E-state index in [1.807, 2.05) is 31.2 Å². The smallest absolute Gasteiger partial charge is 0.119 e. The zero-order valence-corrected chi connectivity index (χ0v) is 8.07. The molecule has 0 N–H and O–H groups in total. The zero-order chi connectivity index (χ0) is 9.94. The molecule has 1 nitrogen and oxygen atoms in total. The SMILES string of the molecule is C=CCc1ccccc1.CCC=O. The largest absolute Gasteiger partial charge is 0.303 e. The molecular weight excluding hydrogens is 160 g/mol. The Hall–Kier alpha value is -1.37. The molecule has 0 aliphatic rings. The van der Waals surface area contributed by atoms with Gasteiger partial charge in [-0.15, -0.1) is 6.58 Å². The molecular formula is C12H16O. The lowest BCUT2D eigenvalue weighted by Gasteiger charge is -1.91. The highest BCUT2D eigenvalue weighted by molar-refractivity contribution is 5.48. The summed E-state index contributed by atoms with van der Waals surface area (Å²) in [5.74, 6) is 0. The van der Waals surface area contributed by atoms with Crippen LogP contribution in [0.25, 0.3) is 0 Å². The molecule has 1 heteroatoms. The molecule has 1 aromatic rings. The van der Waals surface area contributed by atoms with Gasteiger partial charge in [0.05, 0.1) is 0 Å². The Morgan fingerprint density at radius 1 is 1.31 bits per heavy atom. The number of carbonyl (C=O) groups is 1. The first-order valence-electron chi connectivity index (χ1n) is 4.43. The molecule has 0 bridgehead atoms.